The first-order valence-corrected chi connectivity index (χ1v) is 6.11. The zero-order chi connectivity index (χ0) is 12.2. The van der Waals surface area contributed by atoms with Gasteiger partial charge in [-0.2, -0.15) is 13.2 Å². The van der Waals surface area contributed by atoms with Crippen molar-refractivity contribution in [3.05, 3.63) is 0 Å². The number of halogens is 3. The molecule has 0 radical (unpaired) electrons. The molecule has 0 atom stereocenters. The SMILES string of the molecule is NC1CCC(NC(=O)CSC(F)(F)F)CC1. The first-order chi connectivity index (χ1) is 7.37. The number of alkyl halides is 3. The van der Waals surface area contributed by atoms with Crippen molar-refractivity contribution >= 4 is 17.7 Å². The molecule has 0 unspecified atom stereocenters. The molecule has 3 N–H and O–H groups in total. The third kappa shape index (κ3) is 5.60. The zero-order valence-corrected chi connectivity index (χ0v) is 9.53. The van der Waals surface area contributed by atoms with Crippen LogP contribution >= 0.6 is 11.8 Å². The van der Waals surface area contributed by atoms with Crippen LogP contribution in [-0.4, -0.2) is 29.3 Å². The van der Waals surface area contributed by atoms with Crippen molar-refractivity contribution in [1.29, 1.82) is 0 Å². The molecule has 1 aliphatic rings. The van der Waals surface area contributed by atoms with Crippen LogP contribution in [0.4, 0.5) is 13.2 Å². The Labute approximate surface area is 96.3 Å². The molecule has 0 aromatic heterocycles. The van der Waals surface area contributed by atoms with E-state index in [-0.39, 0.29) is 23.8 Å². The summed E-state index contributed by atoms with van der Waals surface area (Å²) in [6, 6.07) is 0.152. The molecule has 1 amide bonds. The van der Waals surface area contributed by atoms with Crippen molar-refractivity contribution < 1.29 is 18.0 Å². The monoisotopic (exact) mass is 256 g/mol. The van der Waals surface area contributed by atoms with Gasteiger partial charge in [0.15, 0.2) is 0 Å². The van der Waals surface area contributed by atoms with Crippen LogP contribution in [0.25, 0.3) is 0 Å². The Hall–Kier alpha value is -0.430. The van der Waals surface area contributed by atoms with E-state index in [1.165, 1.54) is 0 Å². The molecule has 1 aliphatic carbocycles. The highest BCUT2D eigenvalue weighted by Gasteiger charge is 2.29. The minimum absolute atomic E-state index is 0.0128. The lowest BCUT2D eigenvalue weighted by Crippen LogP contribution is -2.41. The molecular formula is C9H15F3N2OS. The first kappa shape index (κ1) is 13.6. The third-order valence-electron chi connectivity index (χ3n) is 2.50. The van der Waals surface area contributed by atoms with Crippen LogP contribution in [0.3, 0.4) is 0 Å². The Bertz CT molecular complexity index is 239. The Morgan fingerprint density at radius 2 is 1.88 bits per heavy atom. The summed E-state index contributed by atoms with van der Waals surface area (Å²) >= 11 is -0.306. The average Bonchev–Trinajstić information content (AvgIpc) is 2.18. The molecule has 3 nitrogen and oxygen atoms in total. The summed E-state index contributed by atoms with van der Waals surface area (Å²) in [5.41, 5.74) is 1.34. The standard InChI is InChI=1S/C9H15F3N2OS/c10-9(11,12)16-5-8(15)14-7-3-1-6(13)2-4-7/h6-7H,1-5,13H2,(H,14,15). The van der Waals surface area contributed by atoms with Gasteiger partial charge in [0.1, 0.15) is 0 Å². The largest absolute Gasteiger partial charge is 0.442 e. The summed E-state index contributed by atoms with van der Waals surface area (Å²) in [6.45, 7) is 0. The van der Waals surface area contributed by atoms with Crippen LogP contribution < -0.4 is 11.1 Å². The van der Waals surface area contributed by atoms with Gasteiger partial charge in [-0.1, -0.05) is 0 Å². The summed E-state index contributed by atoms with van der Waals surface area (Å²) in [4.78, 5) is 11.2. The topological polar surface area (TPSA) is 55.1 Å². The number of nitrogens with two attached hydrogens (primary N) is 1. The number of rotatable bonds is 3. The predicted octanol–water partition coefficient (Wildman–Crippen LogP) is 1.63. The third-order valence-corrected chi connectivity index (χ3v) is 3.24. The van der Waals surface area contributed by atoms with Gasteiger partial charge in [-0.25, -0.2) is 0 Å². The van der Waals surface area contributed by atoms with Crippen LogP contribution in [0.2, 0.25) is 0 Å². The van der Waals surface area contributed by atoms with Gasteiger partial charge in [-0.05, 0) is 37.4 Å². The molecule has 7 heteroatoms. The summed E-state index contributed by atoms with van der Waals surface area (Å²) in [5, 5.41) is 2.60. The van der Waals surface area contributed by atoms with Crippen LogP contribution in [-0.2, 0) is 4.79 Å². The Balaban J connectivity index is 2.19. The second-order valence-electron chi connectivity index (χ2n) is 3.91. The van der Waals surface area contributed by atoms with Crippen molar-refractivity contribution in [1.82, 2.24) is 5.32 Å². The van der Waals surface area contributed by atoms with Crippen LogP contribution in [0.1, 0.15) is 25.7 Å². The van der Waals surface area contributed by atoms with Crippen LogP contribution in [0.5, 0.6) is 0 Å². The molecule has 1 rings (SSSR count). The summed E-state index contributed by atoms with van der Waals surface area (Å²) in [6.07, 6.45) is 3.14. The van der Waals surface area contributed by atoms with Crippen molar-refractivity contribution in [3.63, 3.8) is 0 Å². The van der Waals surface area contributed by atoms with Crippen molar-refractivity contribution in [3.8, 4) is 0 Å². The van der Waals surface area contributed by atoms with Crippen molar-refractivity contribution in [2.24, 2.45) is 5.73 Å². The van der Waals surface area contributed by atoms with E-state index in [1.807, 2.05) is 0 Å². The molecule has 0 spiro atoms. The summed E-state index contributed by atoms with van der Waals surface area (Å²) in [7, 11) is 0. The lowest BCUT2D eigenvalue weighted by atomic mass is 9.92. The molecule has 16 heavy (non-hydrogen) atoms. The van der Waals surface area contributed by atoms with E-state index in [1.54, 1.807) is 0 Å². The van der Waals surface area contributed by atoms with Crippen LogP contribution in [0, 0.1) is 0 Å². The lowest BCUT2D eigenvalue weighted by molar-refractivity contribution is -0.119. The quantitative estimate of drug-likeness (QED) is 0.807. The fourth-order valence-electron chi connectivity index (χ4n) is 1.68. The smallest absolute Gasteiger partial charge is 0.353 e. The summed E-state index contributed by atoms with van der Waals surface area (Å²) < 4.78 is 35.4. The number of hydrogen-bond acceptors (Lipinski definition) is 3. The van der Waals surface area contributed by atoms with Gasteiger partial charge in [0.05, 0.1) is 5.75 Å². The van der Waals surface area contributed by atoms with E-state index in [4.69, 9.17) is 5.73 Å². The van der Waals surface area contributed by atoms with Crippen LogP contribution in [0.15, 0.2) is 0 Å². The number of hydrogen-bond donors (Lipinski definition) is 2. The van der Waals surface area contributed by atoms with E-state index >= 15 is 0 Å². The van der Waals surface area contributed by atoms with Gasteiger partial charge in [0.2, 0.25) is 5.91 Å². The Morgan fingerprint density at radius 3 is 2.38 bits per heavy atom. The van der Waals surface area contributed by atoms with E-state index in [0.717, 1.165) is 25.7 Å². The van der Waals surface area contributed by atoms with Gasteiger partial charge in [0.25, 0.3) is 0 Å². The number of nitrogens with one attached hydrogen (secondary N) is 1. The highest BCUT2D eigenvalue weighted by molar-refractivity contribution is 8.00. The molecule has 0 bridgehead atoms. The maximum absolute atomic E-state index is 11.8. The van der Waals surface area contributed by atoms with E-state index in [2.05, 4.69) is 5.32 Å². The molecular weight excluding hydrogens is 241 g/mol. The Morgan fingerprint density at radius 1 is 1.31 bits per heavy atom. The van der Waals surface area contributed by atoms with Gasteiger partial charge >= 0.3 is 5.51 Å². The number of amides is 1. The van der Waals surface area contributed by atoms with Gasteiger partial charge in [0, 0.05) is 12.1 Å². The minimum atomic E-state index is -4.34. The summed E-state index contributed by atoms with van der Waals surface area (Å²) in [5.74, 6) is -1.12. The second-order valence-corrected chi connectivity index (χ2v) is 4.95. The maximum Gasteiger partial charge on any atom is 0.442 e. The molecule has 0 heterocycles. The minimum Gasteiger partial charge on any atom is -0.353 e. The van der Waals surface area contributed by atoms with E-state index < -0.39 is 17.2 Å². The van der Waals surface area contributed by atoms with Gasteiger partial charge in [-0.3, -0.25) is 4.79 Å². The lowest BCUT2D eigenvalue weighted by Gasteiger charge is -2.26. The maximum atomic E-state index is 11.8. The number of carbonyl (C=O) groups excluding carboxylic acids is 1. The molecule has 0 aliphatic heterocycles. The number of carbonyl (C=O) groups is 1. The Kier molecular flexibility index (Phi) is 4.91. The fraction of sp³-hybridized carbons (Fsp3) is 0.889. The van der Waals surface area contributed by atoms with Crippen molar-refractivity contribution in [2.45, 2.75) is 43.3 Å². The molecule has 0 saturated heterocycles. The number of thioether (sulfide) groups is 1. The van der Waals surface area contributed by atoms with Gasteiger partial charge in [-0.15, -0.1) is 0 Å². The first-order valence-electron chi connectivity index (χ1n) is 5.12. The van der Waals surface area contributed by atoms with Gasteiger partial charge < -0.3 is 11.1 Å². The highest BCUT2D eigenvalue weighted by atomic mass is 32.2. The highest BCUT2D eigenvalue weighted by Crippen LogP contribution is 2.29. The molecule has 1 saturated carbocycles. The van der Waals surface area contributed by atoms with Crippen molar-refractivity contribution in [2.75, 3.05) is 5.75 Å². The fourth-order valence-corrected chi connectivity index (χ4v) is 2.06. The zero-order valence-electron chi connectivity index (χ0n) is 8.72. The molecule has 0 aromatic rings. The predicted molar refractivity (Wildman–Crippen MR) is 56.9 cm³/mol. The molecule has 1 fully saturated rings. The normalized spacial score (nSPS) is 26.5. The van der Waals surface area contributed by atoms with E-state index in [0.29, 0.717) is 0 Å². The average molecular weight is 256 g/mol. The molecule has 0 aromatic carbocycles. The molecule has 94 valence electrons. The second kappa shape index (κ2) is 5.77. The van der Waals surface area contributed by atoms with E-state index in [9.17, 15) is 18.0 Å².